The lowest BCUT2D eigenvalue weighted by molar-refractivity contribution is 0.0715. The van der Waals surface area contributed by atoms with Crippen LogP contribution in [0.15, 0.2) is 51.7 Å². The first-order chi connectivity index (χ1) is 14.0. The predicted molar refractivity (Wildman–Crippen MR) is 114 cm³/mol. The number of carbonyl (C=O) groups is 1. The monoisotopic (exact) mass is 432 g/mol. The van der Waals surface area contributed by atoms with E-state index < -0.39 is 0 Å². The lowest BCUT2D eigenvalue weighted by Crippen LogP contribution is -2.48. The van der Waals surface area contributed by atoms with E-state index in [4.69, 9.17) is 32.4 Å². The zero-order valence-corrected chi connectivity index (χ0v) is 17.2. The molecule has 0 radical (unpaired) electrons. The lowest BCUT2D eigenvalue weighted by atomic mass is 10.2. The molecule has 0 spiro atoms. The topological polar surface area (TPSA) is 63.0 Å². The van der Waals surface area contributed by atoms with Crippen LogP contribution >= 0.6 is 23.2 Å². The van der Waals surface area contributed by atoms with Crippen molar-refractivity contribution in [2.45, 2.75) is 0 Å². The van der Waals surface area contributed by atoms with Crippen molar-refractivity contribution in [1.82, 2.24) is 4.90 Å². The molecule has 29 heavy (non-hydrogen) atoms. The summed E-state index contributed by atoms with van der Waals surface area (Å²) < 4.78 is 10.9. The molecule has 1 aromatic heterocycles. The van der Waals surface area contributed by atoms with E-state index in [-0.39, 0.29) is 33.1 Å². The Labute approximate surface area is 177 Å². The molecule has 0 aliphatic carbocycles. The normalized spacial score (nSPS) is 14.3. The van der Waals surface area contributed by atoms with Gasteiger partial charge in [0.25, 0.3) is 5.91 Å². The van der Waals surface area contributed by atoms with Crippen LogP contribution in [0.3, 0.4) is 0 Å². The Morgan fingerprint density at radius 3 is 2.38 bits per heavy atom. The fraction of sp³-hybridized carbons (Fsp3) is 0.238. The molecule has 2 aromatic carbocycles. The average molecular weight is 433 g/mol. The molecule has 4 rings (SSSR count). The molecule has 3 aromatic rings. The van der Waals surface area contributed by atoms with Crippen LogP contribution in [0, 0.1) is 0 Å². The second-order valence-electron chi connectivity index (χ2n) is 6.72. The number of carbonyl (C=O) groups excluding carboxylic acids is 1. The van der Waals surface area contributed by atoms with Gasteiger partial charge in [-0.15, -0.1) is 0 Å². The number of amides is 1. The third-order valence-corrected chi connectivity index (χ3v) is 5.46. The SMILES string of the molecule is COc1ccc(N2CCN(C(=O)c3cc(=O)c4cc(Cl)cc(Cl)c4o3)CC2)cc1. The van der Waals surface area contributed by atoms with Crippen LogP contribution < -0.4 is 15.1 Å². The first-order valence-corrected chi connectivity index (χ1v) is 9.83. The first-order valence-electron chi connectivity index (χ1n) is 9.07. The average Bonchev–Trinajstić information content (AvgIpc) is 2.74. The van der Waals surface area contributed by atoms with Crippen molar-refractivity contribution in [2.24, 2.45) is 0 Å². The van der Waals surface area contributed by atoms with Crippen LogP contribution in [0.25, 0.3) is 11.0 Å². The summed E-state index contributed by atoms with van der Waals surface area (Å²) in [5.41, 5.74) is 0.887. The summed E-state index contributed by atoms with van der Waals surface area (Å²) in [6.45, 7) is 2.38. The molecule has 0 bridgehead atoms. The molecule has 1 amide bonds. The van der Waals surface area contributed by atoms with Crippen molar-refractivity contribution in [1.29, 1.82) is 0 Å². The quantitative estimate of drug-likeness (QED) is 0.623. The maximum Gasteiger partial charge on any atom is 0.289 e. The van der Waals surface area contributed by atoms with E-state index in [1.807, 2.05) is 24.3 Å². The molecule has 1 aliphatic heterocycles. The number of ether oxygens (including phenoxy) is 1. The number of nitrogens with zero attached hydrogens (tertiary/aromatic N) is 2. The van der Waals surface area contributed by atoms with Gasteiger partial charge >= 0.3 is 0 Å². The van der Waals surface area contributed by atoms with E-state index in [9.17, 15) is 9.59 Å². The largest absolute Gasteiger partial charge is 0.497 e. The molecule has 8 heteroatoms. The Bertz CT molecular complexity index is 1120. The van der Waals surface area contributed by atoms with Gasteiger partial charge in [-0.25, -0.2) is 0 Å². The molecule has 1 fully saturated rings. The number of fused-ring (bicyclic) bond motifs is 1. The minimum atomic E-state index is -0.351. The number of piperazine rings is 1. The fourth-order valence-corrected chi connectivity index (χ4v) is 3.94. The van der Waals surface area contributed by atoms with Crippen molar-refractivity contribution in [3.8, 4) is 5.75 Å². The van der Waals surface area contributed by atoms with Gasteiger partial charge in [-0.3, -0.25) is 9.59 Å². The Balaban J connectivity index is 1.51. The molecule has 0 atom stereocenters. The number of hydrogen-bond donors (Lipinski definition) is 0. The van der Waals surface area contributed by atoms with E-state index in [0.29, 0.717) is 31.2 Å². The van der Waals surface area contributed by atoms with E-state index in [1.54, 1.807) is 12.0 Å². The first kappa shape index (κ1) is 19.6. The molecule has 0 saturated carbocycles. The Morgan fingerprint density at radius 1 is 1.03 bits per heavy atom. The summed E-state index contributed by atoms with van der Waals surface area (Å²) in [4.78, 5) is 29.2. The predicted octanol–water partition coefficient (Wildman–Crippen LogP) is 4.07. The molecular weight excluding hydrogens is 415 g/mol. The number of hydrogen-bond acceptors (Lipinski definition) is 5. The van der Waals surface area contributed by atoms with Gasteiger partial charge in [-0.1, -0.05) is 23.2 Å². The van der Waals surface area contributed by atoms with Crippen LogP contribution in [-0.2, 0) is 0 Å². The molecule has 2 heterocycles. The van der Waals surface area contributed by atoms with Gasteiger partial charge in [0.05, 0.1) is 17.5 Å². The zero-order valence-electron chi connectivity index (χ0n) is 15.7. The van der Waals surface area contributed by atoms with E-state index >= 15 is 0 Å². The lowest BCUT2D eigenvalue weighted by Gasteiger charge is -2.35. The van der Waals surface area contributed by atoms with Crippen molar-refractivity contribution in [2.75, 3.05) is 38.2 Å². The summed E-state index contributed by atoms with van der Waals surface area (Å²) in [6, 6.07) is 12.0. The molecule has 0 unspecified atom stereocenters. The van der Waals surface area contributed by atoms with Crippen LogP contribution in [-0.4, -0.2) is 44.1 Å². The smallest absolute Gasteiger partial charge is 0.289 e. The van der Waals surface area contributed by atoms with Gasteiger partial charge in [0.15, 0.2) is 16.8 Å². The second kappa shape index (κ2) is 7.97. The maximum atomic E-state index is 12.9. The number of methoxy groups -OCH3 is 1. The third-order valence-electron chi connectivity index (χ3n) is 4.96. The van der Waals surface area contributed by atoms with Crippen molar-refractivity contribution in [3.63, 3.8) is 0 Å². The summed E-state index contributed by atoms with van der Waals surface area (Å²) in [6.07, 6.45) is 0. The maximum absolute atomic E-state index is 12.9. The molecule has 1 aliphatic rings. The van der Waals surface area contributed by atoms with Gasteiger partial charge in [0.2, 0.25) is 0 Å². The van der Waals surface area contributed by atoms with Crippen LogP contribution in [0.1, 0.15) is 10.6 Å². The molecular formula is C21H18Cl2N2O4. The second-order valence-corrected chi connectivity index (χ2v) is 7.56. The van der Waals surface area contributed by atoms with Crippen LogP contribution in [0.2, 0.25) is 10.0 Å². The highest BCUT2D eigenvalue weighted by Gasteiger charge is 2.25. The minimum absolute atomic E-state index is 0.0235. The van der Waals surface area contributed by atoms with E-state index in [1.165, 1.54) is 18.2 Å². The summed E-state index contributed by atoms with van der Waals surface area (Å²) in [5.74, 6) is 0.447. The summed E-state index contributed by atoms with van der Waals surface area (Å²) >= 11 is 12.1. The van der Waals surface area contributed by atoms with Gasteiger partial charge < -0.3 is 19.0 Å². The zero-order chi connectivity index (χ0) is 20.5. The molecule has 1 saturated heterocycles. The molecule has 150 valence electrons. The van der Waals surface area contributed by atoms with Gasteiger partial charge in [0, 0.05) is 43.0 Å². The summed E-state index contributed by atoms with van der Waals surface area (Å²) in [5, 5.41) is 0.787. The third kappa shape index (κ3) is 3.91. The van der Waals surface area contributed by atoms with E-state index in [2.05, 4.69) is 4.90 Å². The molecule has 0 N–H and O–H groups in total. The van der Waals surface area contributed by atoms with Crippen LogP contribution in [0.5, 0.6) is 5.75 Å². The van der Waals surface area contributed by atoms with Gasteiger partial charge in [-0.05, 0) is 36.4 Å². The fourth-order valence-electron chi connectivity index (χ4n) is 3.41. The van der Waals surface area contributed by atoms with Gasteiger partial charge in [-0.2, -0.15) is 0 Å². The standard InChI is InChI=1S/C21H18Cl2N2O4/c1-28-15-4-2-14(3-5-15)24-6-8-25(9-7-24)21(27)19-12-18(26)16-10-13(22)11-17(23)20(16)29-19/h2-5,10-12H,6-9H2,1H3. The number of rotatable bonds is 3. The minimum Gasteiger partial charge on any atom is -0.497 e. The van der Waals surface area contributed by atoms with Crippen molar-refractivity contribution < 1.29 is 13.9 Å². The van der Waals surface area contributed by atoms with Crippen LogP contribution in [0.4, 0.5) is 5.69 Å². The highest BCUT2D eigenvalue weighted by Crippen LogP contribution is 2.27. The summed E-state index contributed by atoms with van der Waals surface area (Å²) in [7, 11) is 1.63. The Kier molecular flexibility index (Phi) is 5.39. The van der Waals surface area contributed by atoms with E-state index in [0.717, 1.165) is 11.4 Å². The Morgan fingerprint density at radius 2 is 1.72 bits per heavy atom. The van der Waals surface area contributed by atoms with Crippen molar-refractivity contribution >= 4 is 45.8 Å². The number of anilines is 1. The number of halogens is 2. The number of benzene rings is 2. The van der Waals surface area contributed by atoms with Gasteiger partial charge in [0.1, 0.15) is 5.75 Å². The Hall–Kier alpha value is -2.70. The van der Waals surface area contributed by atoms with Crippen molar-refractivity contribution in [3.05, 3.63) is 68.5 Å². The highest BCUT2D eigenvalue weighted by atomic mass is 35.5. The molecule has 6 nitrogen and oxygen atoms in total. The highest BCUT2D eigenvalue weighted by molar-refractivity contribution is 6.38.